The Hall–Kier alpha value is -0.910. The predicted molar refractivity (Wildman–Crippen MR) is 90.3 cm³/mol. The van der Waals surface area contributed by atoms with Gasteiger partial charge in [0.05, 0.1) is 16.7 Å². The molecule has 132 valence electrons. The van der Waals surface area contributed by atoms with Gasteiger partial charge in [0.15, 0.2) is 0 Å². The van der Waals surface area contributed by atoms with Crippen molar-refractivity contribution in [3.63, 3.8) is 0 Å². The van der Waals surface area contributed by atoms with Gasteiger partial charge in [-0.05, 0) is 55.4 Å². The highest BCUT2D eigenvalue weighted by Crippen LogP contribution is 2.39. The van der Waals surface area contributed by atoms with Crippen LogP contribution in [0.3, 0.4) is 0 Å². The third kappa shape index (κ3) is 3.62. The molecule has 23 heavy (non-hydrogen) atoms. The highest BCUT2D eigenvalue weighted by Gasteiger charge is 2.49. The first-order valence-corrected chi connectivity index (χ1v) is 8.39. The first-order chi connectivity index (χ1) is 10.2. The number of nitrogens with zero attached hydrogens (tertiary/aromatic N) is 1. The molecule has 1 saturated heterocycles. The van der Waals surface area contributed by atoms with Crippen molar-refractivity contribution in [2.75, 3.05) is 0 Å². The molecular weight excluding hydrogens is 292 g/mol. The Bertz CT molecular complexity index is 516. The van der Waals surface area contributed by atoms with Gasteiger partial charge >= 0.3 is 5.97 Å². The van der Waals surface area contributed by atoms with Crippen LogP contribution < -0.4 is 5.32 Å². The van der Waals surface area contributed by atoms with Crippen LogP contribution in [0, 0.1) is 0 Å². The van der Waals surface area contributed by atoms with E-state index in [0.29, 0.717) is 5.57 Å². The zero-order chi connectivity index (χ0) is 17.8. The third-order valence-corrected chi connectivity index (χ3v) is 4.88. The lowest BCUT2D eigenvalue weighted by Gasteiger charge is -2.46. The number of nitrogens with one attached hydrogen (secondary N) is 1. The van der Waals surface area contributed by atoms with Crippen LogP contribution in [0.4, 0.5) is 0 Å². The van der Waals surface area contributed by atoms with E-state index in [0.717, 1.165) is 12.8 Å². The molecule has 0 unspecified atom stereocenters. The minimum absolute atomic E-state index is 0.0748. The van der Waals surface area contributed by atoms with E-state index in [4.69, 9.17) is 4.74 Å². The largest absolute Gasteiger partial charge is 0.459 e. The van der Waals surface area contributed by atoms with Crippen LogP contribution >= 0.6 is 0 Å². The molecule has 0 atom stereocenters. The molecule has 5 nitrogen and oxygen atoms in total. The van der Waals surface area contributed by atoms with Crippen LogP contribution in [0.5, 0.6) is 0 Å². The number of rotatable bonds is 2. The Morgan fingerprint density at radius 2 is 1.61 bits per heavy atom. The molecule has 0 spiro atoms. The lowest BCUT2D eigenvalue weighted by atomic mass is 9.81. The average Bonchev–Trinajstić information content (AvgIpc) is 2.45. The Kier molecular flexibility index (Phi) is 4.24. The molecule has 2 rings (SSSR count). The zero-order valence-electron chi connectivity index (χ0n) is 15.8. The van der Waals surface area contributed by atoms with E-state index in [1.54, 1.807) is 0 Å². The maximum atomic E-state index is 12.7. The monoisotopic (exact) mass is 324 g/mol. The summed E-state index contributed by atoms with van der Waals surface area (Å²) < 4.78 is 5.84. The number of hydroxylamine groups is 2. The van der Waals surface area contributed by atoms with E-state index in [1.165, 1.54) is 5.06 Å². The summed E-state index contributed by atoms with van der Waals surface area (Å²) in [6, 6.07) is 0. The van der Waals surface area contributed by atoms with Gasteiger partial charge in [0.25, 0.3) is 0 Å². The molecule has 0 aromatic carbocycles. The molecular formula is C18H32N2O3. The van der Waals surface area contributed by atoms with E-state index in [9.17, 15) is 10.0 Å². The summed E-state index contributed by atoms with van der Waals surface area (Å²) in [6.07, 6.45) is 3.25. The first kappa shape index (κ1) is 18.4. The number of carbonyl (C=O) groups is 1. The summed E-state index contributed by atoms with van der Waals surface area (Å²) >= 11 is 0. The van der Waals surface area contributed by atoms with Gasteiger partial charge in [-0.15, -0.1) is 0 Å². The molecule has 0 amide bonds. The summed E-state index contributed by atoms with van der Waals surface area (Å²) in [5.41, 5.74) is -0.953. The van der Waals surface area contributed by atoms with Crippen LogP contribution in [-0.4, -0.2) is 44.5 Å². The van der Waals surface area contributed by atoms with Crippen molar-refractivity contribution in [2.45, 2.75) is 96.5 Å². The molecule has 2 aliphatic rings. The Morgan fingerprint density at radius 1 is 1.13 bits per heavy atom. The van der Waals surface area contributed by atoms with Gasteiger partial charge < -0.3 is 15.3 Å². The normalized spacial score (nSPS) is 29.2. The van der Waals surface area contributed by atoms with E-state index in [1.807, 2.05) is 33.8 Å². The fraction of sp³-hybridized carbons (Fsp3) is 0.833. The molecule has 2 aliphatic heterocycles. The van der Waals surface area contributed by atoms with Gasteiger partial charge in [-0.25, -0.2) is 4.79 Å². The topological polar surface area (TPSA) is 61.8 Å². The second-order valence-corrected chi connectivity index (χ2v) is 9.41. The minimum atomic E-state index is -0.751. The SMILES string of the molecule is CC1(C)CC(OC(=O)C2=CC(C)(C)N(O)C2(C)C)CC(C)(C)N1. The van der Waals surface area contributed by atoms with E-state index >= 15 is 0 Å². The molecule has 0 aliphatic carbocycles. The average molecular weight is 324 g/mol. The molecule has 2 heterocycles. The van der Waals surface area contributed by atoms with Crippen molar-refractivity contribution < 1.29 is 14.7 Å². The molecule has 0 radical (unpaired) electrons. The first-order valence-electron chi connectivity index (χ1n) is 8.39. The zero-order valence-corrected chi connectivity index (χ0v) is 15.8. The summed E-state index contributed by atoms with van der Waals surface area (Å²) in [5.74, 6) is -0.321. The summed E-state index contributed by atoms with van der Waals surface area (Å²) in [5, 5.41) is 15.2. The molecule has 0 saturated carbocycles. The Morgan fingerprint density at radius 3 is 2.00 bits per heavy atom. The Balaban J connectivity index is 2.16. The molecule has 0 aromatic rings. The van der Waals surface area contributed by atoms with Gasteiger partial charge in [0.1, 0.15) is 6.10 Å². The fourth-order valence-electron chi connectivity index (χ4n) is 4.26. The van der Waals surface area contributed by atoms with Crippen molar-refractivity contribution in [1.29, 1.82) is 0 Å². The second-order valence-electron chi connectivity index (χ2n) is 9.41. The standard InChI is InChI=1S/C18H32N2O3/c1-15(2)9-12(10-16(3,4)19-15)23-14(21)13-11-17(5,6)20(22)18(13,7)8/h11-12,19,22H,9-10H2,1-8H3. The quantitative estimate of drug-likeness (QED) is 0.765. The van der Waals surface area contributed by atoms with Crippen molar-refractivity contribution in [2.24, 2.45) is 0 Å². The molecule has 0 bridgehead atoms. The fourth-order valence-corrected chi connectivity index (χ4v) is 4.26. The van der Waals surface area contributed by atoms with Gasteiger partial charge in [0.2, 0.25) is 0 Å². The lowest BCUT2D eigenvalue weighted by Crippen LogP contribution is -2.59. The maximum absolute atomic E-state index is 12.7. The van der Waals surface area contributed by atoms with Crippen LogP contribution in [0.15, 0.2) is 11.6 Å². The third-order valence-electron chi connectivity index (χ3n) is 4.88. The number of hydrogen-bond donors (Lipinski definition) is 2. The molecule has 2 N–H and O–H groups in total. The van der Waals surface area contributed by atoms with Crippen LogP contribution in [0.1, 0.15) is 68.2 Å². The predicted octanol–water partition coefficient (Wildman–Crippen LogP) is 3.03. The minimum Gasteiger partial charge on any atom is -0.459 e. The van der Waals surface area contributed by atoms with Gasteiger partial charge in [-0.2, -0.15) is 5.06 Å². The van der Waals surface area contributed by atoms with Crippen LogP contribution in [-0.2, 0) is 9.53 Å². The highest BCUT2D eigenvalue weighted by molar-refractivity contribution is 5.92. The number of ether oxygens (including phenoxy) is 1. The van der Waals surface area contributed by atoms with Crippen molar-refractivity contribution >= 4 is 5.97 Å². The maximum Gasteiger partial charge on any atom is 0.336 e. The smallest absolute Gasteiger partial charge is 0.336 e. The van der Waals surface area contributed by atoms with E-state index < -0.39 is 11.1 Å². The summed E-state index contributed by atoms with van der Waals surface area (Å²) in [7, 11) is 0. The lowest BCUT2D eigenvalue weighted by molar-refractivity contribution is -0.188. The molecule has 5 heteroatoms. The van der Waals surface area contributed by atoms with Gasteiger partial charge in [0, 0.05) is 23.9 Å². The number of piperidine rings is 1. The molecule has 1 fully saturated rings. The van der Waals surface area contributed by atoms with Crippen molar-refractivity contribution in [3.8, 4) is 0 Å². The summed E-state index contributed by atoms with van der Waals surface area (Å²) in [4.78, 5) is 12.7. The second kappa shape index (κ2) is 5.30. The van der Waals surface area contributed by atoms with E-state index in [2.05, 4.69) is 33.0 Å². The number of carbonyl (C=O) groups excluding carboxylic acids is 1. The van der Waals surface area contributed by atoms with Crippen molar-refractivity contribution in [1.82, 2.24) is 10.4 Å². The highest BCUT2D eigenvalue weighted by atomic mass is 16.5. The molecule has 0 aromatic heterocycles. The Labute approximate surface area is 140 Å². The van der Waals surface area contributed by atoms with Gasteiger partial charge in [-0.1, -0.05) is 6.08 Å². The van der Waals surface area contributed by atoms with Crippen LogP contribution in [0.2, 0.25) is 0 Å². The van der Waals surface area contributed by atoms with Gasteiger partial charge in [-0.3, -0.25) is 0 Å². The number of esters is 1. The van der Waals surface area contributed by atoms with Crippen LogP contribution in [0.25, 0.3) is 0 Å². The van der Waals surface area contributed by atoms with E-state index in [-0.39, 0.29) is 23.2 Å². The van der Waals surface area contributed by atoms with Crippen molar-refractivity contribution in [3.05, 3.63) is 11.6 Å². The summed E-state index contributed by atoms with van der Waals surface area (Å²) in [6.45, 7) is 16.0. The number of hydrogen-bond acceptors (Lipinski definition) is 5.